The Morgan fingerprint density at radius 3 is 2.15 bits per heavy atom. The predicted octanol–water partition coefficient (Wildman–Crippen LogP) is 2.33. The third kappa shape index (κ3) is 3.58. The minimum absolute atomic E-state index is 0.0122. The highest BCUT2D eigenvalue weighted by molar-refractivity contribution is 7.99. The van der Waals surface area contributed by atoms with Gasteiger partial charge in [0, 0.05) is 22.2 Å². The maximum absolute atomic E-state index is 11.3. The number of pyridine rings is 1. The number of benzene rings is 1. The van der Waals surface area contributed by atoms with Crippen LogP contribution in [0.15, 0.2) is 57.3 Å². The van der Waals surface area contributed by atoms with Crippen molar-refractivity contribution in [3.8, 4) is 0 Å². The van der Waals surface area contributed by atoms with Crippen molar-refractivity contribution < 1.29 is 18.3 Å². The molecule has 1 aromatic carbocycles. The molecule has 7 heteroatoms. The number of rotatable bonds is 4. The molecule has 20 heavy (non-hydrogen) atoms. The summed E-state index contributed by atoms with van der Waals surface area (Å²) in [5.41, 5.74) is -0.0122. The molecule has 2 rings (SSSR count). The van der Waals surface area contributed by atoms with E-state index in [1.165, 1.54) is 36.2 Å². The molecule has 5 nitrogen and oxygen atoms in total. The Morgan fingerprint density at radius 1 is 1.10 bits per heavy atom. The third-order valence-electron chi connectivity index (χ3n) is 2.44. The van der Waals surface area contributed by atoms with Gasteiger partial charge in [0.1, 0.15) is 5.69 Å². The Morgan fingerprint density at radius 2 is 1.70 bits per heavy atom. The van der Waals surface area contributed by atoms with Crippen molar-refractivity contribution in [2.45, 2.75) is 14.7 Å². The van der Waals surface area contributed by atoms with Crippen LogP contribution in [-0.4, -0.2) is 30.7 Å². The zero-order valence-corrected chi connectivity index (χ0v) is 12.1. The summed E-state index contributed by atoms with van der Waals surface area (Å²) in [5, 5.41) is 8.75. The lowest BCUT2D eigenvalue weighted by atomic mass is 10.3. The second kappa shape index (κ2) is 5.64. The summed E-state index contributed by atoms with van der Waals surface area (Å²) in [6.45, 7) is 0. The van der Waals surface area contributed by atoms with Crippen molar-refractivity contribution in [3.05, 3.63) is 48.3 Å². The first-order chi connectivity index (χ1) is 9.36. The molecule has 0 saturated carbocycles. The van der Waals surface area contributed by atoms with E-state index >= 15 is 0 Å². The lowest BCUT2D eigenvalue weighted by Gasteiger charge is -2.03. The van der Waals surface area contributed by atoms with E-state index < -0.39 is 15.8 Å². The molecule has 1 aromatic heterocycles. The van der Waals surface area contributed by atoms with E-state index in [1.807, 2.05) is 0 Å². The first-order valence-corrected chi connectivity index (χ1v) is 8.24. The Kier molecular flexibility index (Phi) is 4.10. The summed E-state index contributed by atoms with van der Waals surface area (Å²) >= 11 is 1.38. The van der Waals surface area contributed by atoms with Crippen LogP contribution in [-0.2, 0) is 9.84 Å². The van der Waals surface area contributed by atoms with E-state index in [2.05, 4.69) is 4.98 Å². The number of carboxylic acids is 1. The number of hydrogen-bond donors (Lipinski definition) is 1. The molecular weight excluding hydrogens is 298 g/mol. The number of sulfone groups is 1. The average Bonchev–Trinajstić information content (AvgIpc) is 2.39. The molecular formula is C13H11NO4S2. The van der Waals surface area contributed by atoms with Crippen LogP contribution < -0.4 is 0 Å². The molecule has 2 aromatic rings. The molecule has 0 radical (unpaired) electrons. The van der Waals surface area contributed by atoms with Gasteiger partial charge in [-0.3, -0.25) is 0 Å². The summed E-state index contributed by atoms with van der Waals surface area (Å²) in [7, 11) is -3.19. The fourth-order valence-electron chi connectivity index (χ4n) is 1.46. The van der Waals surface area contributed by atoms with Crippen molar-refractivity contribution in [3.63, 3.8) is 0 Å². The zero-order valence-electron chi connectivity index (χ0n) is 10.5. The maximum Gasteiger partial charge on any atom is 0.354 e. The minimum Gasteiger partial charge on any atom is -0.477 e. The van der Waals surface area contributed by atoms with Gasteiger partial charge < -0.3 is 5.11 Å². The van der Waals surface area contributed by atoms with Crippen LogP contribution in [0, 0.1) is 0 Å². The summed E-state index contributed by atoms with van der Waals surface area (Å²) in [6.07, 6.45) is 2.63. The topological polar surface area (TPSA) is 84.3 Å². The van der Waals surface area contributed by atoms with Crippen LogP contribution >= 0.6 is 11.8 Å². The fourth-order valence-corrected chi connectivity index (χ4v) is 2.87. The van der Waals surface area contributed by atoms with Crippen LogP contribution in [0.25, 0.3) is 0 Å². The number of aromatic carboxylic acids is 1. The van der Waals surface area contributed by atoms with Gasteiger partial charge in [-0.05, 0) is 36.4 Å². The summed E-state index contributed by atoms with van der Waals surface area (Å²) < 4.78 is 22.7. The standard InChI is InChI=1S/C13H11NO4S2/c1-20(17,18)11-5-2-9(3-6-11)19-10-4-7-12(13(15)16)14-8-10/h2-8H,1H3,(H,15,16). The number of nitrogens with zero attached hydrogens (tertiary/aromatic N) is 1. The van der Waals surface area contributed by atoms with Crippen LogP contribution in [0.3, 0.4) is 0 Å². The predicted molar refractivity (Wildman–Crippen MR) is 74.9 cm³/mol. The van der Waals surface area contributed by atoms with Crippen LogP contribution in [0.1, 0.15) is 10.5 Å². The molecule has 104 valence electrons. The van der Waals surface area contributed by atoms with Gasteiger partial charge in [-0.2, -0.15) is 0 Å². The van der Waals surface area contributed by atoms with Crippen LogP contribution in [0.5, 0.6) is 0 Å². The van der Waals surface area contributed by atoms with E-state index in [0.717, 1.165) is 16.0 Å². The molecule has 0 aliphatic heterocycles. The Balaban J connectivity index is 2.16. The molecule has 1 N–H and O–H groups in total. The van der Waals surface area contributed by atoms with Crippen molar-refractivity contribution in [1.29, 1.82) is 0 Å². The van der Waals surface area contributed by atoms with Gasteiger partial charge in [0.15, 0.2) is 9.84 Å². The number of aromatic nitrogens is 1. The maximum atomic E-state index is 11.3. The van der Waals surface area contributed by atoms with E-state index in [1.54, 1.807) is 18.2 Å². The van der Waals surface area contributed by atoms with Crippen LogP contribution in [0.4, 0.5) is 0 Å². The first kappa shape index (κ1) is 14.5. The van der Waals surface area contributed by atoms with Gasteiger partial charge in [-0.1, -0.05) is 11.8 Å². The summed E-state index contributed by atoms with van der Waals surface area (Å²) in [6, 6.07) is 9.56. The number of hydrogen-bond acceptors (Lipinski definition) is 5. The Labute approximate surface area is 120 Å². The second-order valence-corrected chi connectivity index (χ2v) is 7.19. The highest BCUT2D eigenvalue weighted by Gasteiger charge is 2.07. The first-order valence-electron chi connectivity index (χ1n) is 5.53. The van der Waals surface area contributed by atoms with Crippen molar-refractivity contribution in [1.82, 2.24) is 4.98 Å². The average molecular weight is 309 g/mol. The van der Waals surface area contributed by atoms with Gasteiger partial charge in [0.25, 0.3) is 0 Å². The largest absolute Gasteiger partial charge is 0.477 e. The molecule has 0 aliphatic carbocycles. The van der Waals surface area contributed by atoms with E-state index in [9.17, 15) is 13.2 Å². The second-order valence-electron chi connectivity index (χ2n) is 4.03. The monoisotopic (exact) mass is 309 g/mol. The molecule has 0 fully saturated rings. The van der Waals surface area contributed by atoms with Crippen LogP contribution in [0.2, 0.25) is 0 Å². The lowest BCUT2D eigenvalue weighted by Crippen LogP contribution is -1.98. The summed E-state index contributed by atoms with van der Waals surface area (Å²) in [4.78, 5) is 16.4. The lowest BCUT2D eigenvalue weighted by molar-refractivity contribution is 0.0690. The molecule has 0 aliphatic rings. The summed E-state index contributed by atoms with van der Waals surface area (Å²) in [5.74, 6) is -1.07. The molecule has 0 amide bonds. The third-order valence-corrected chi connectivity index (χ3v) is 4.56. The Bertz CT molecular complexity index is 722. The van der Waals surface area contributed by atoms with Gasteiger partial charge in [0.05, 0.1) is 4.90 Å². The van der Waals surface area contributed by atoms with Gasteiger partial charge in [-0.15, -0.1) is 0 Å². The SMILES string of the molecule is CS(=O)(=O)c1ccc(Sc2ccc(C(=O)O)nc2)cc1. The van der Waals surface area contributed by atoms with Gasteiger partial charge in [-0.25, -0.2) is 18.2 Å². The van der Waals surface area contributed by atoms with Crippen molar-refractivity contribution >= 4 is 27.6 Å². The van der Waals surface area contributed by atoms with E-state index in [-0.39, 0.29) is 10.6 Å². The van der Waals surface area contributed by atoms with Crippen molar-refractivity contribution in [2.75, 3.05) is 6.26 Å². The smallest absolute Gasteiger partial charge is 0.354 e. The molecule has 0 spiro atoms. The van der Waals surface area contributed by atoms with E-state index in [0.29, 0.717) is 0 Å². The minimum atomic E-state index is -3.19. The number of carbonyl (C=O) groups is 1. The molecule has 0 atom stereocenters. The molecule has 0 bridgehead atoms. The van der Waals surface area contributed by atoms with Crippen molar-refractivity contribution in [2.24, 2.45) is 0 Å². The highest BCUT2D eigenvalue weighted by atomic mass is 32.2. The molecule has 0 unspecified atom stereocenters. The number of carboxylic acid groups (broad SMARTS) is 1. The van der Waals surface area contributed by atoms with E-state index in [4.69, 9.17) is 5.11 Å². The molecule has 0 saturated heterocycles. The molecule has 1 heterocycles. The van der Waals surface area contributed by atoms with Gasteiger partial charge in [0.2, 0.25) is 0 Å². The highest BCUT2D eigenvalue weighted by Crippen LogP contribution is 2.27. The fraction of sp³-hybridized carbons (Fsp3) is 0.0769. The Hall–Kier alpha value is -1.86. The normalized spacial score (nSPS) is 11.2. The quantitative estimate of drug-likeness (QED) is 0.933. The van der Waals surface area contributed by atoms with Gasteiger partial charge >= 0.3 is 5.97 Å². The zero-order chi connectivity index (χ0) is 14.8.